The highest BCUT2D eigenvalue weighted by atomic mass is 35.7. The van der Waals surface area contributed by atoms with Crippen molar-refractivity contribution in [1.29, 1.82) is 0 Å². The van der Waals surface area contributed by atoms with Crippen LogP contribution >= 0.6 is 10.7 Å². The van der Waals surface area contributed by atoms with Crippen LogP contribution in [0.2, 0.25) is 0 Å². The number of hydrogen-bond donors (Lipinski definition) is 0. The van der Waals surface area contributed by atoms with Gasteiger partial charge >= 0.3 is 0 Å². The van der Waals surface area contributed by atoms with Gasteiger partial charge in [0.25, 0.3) is 9.05 Å². The Kier molecular flexibility index (Phi) is 7.88. The number of benzene rings is 3. The molecular weight excluding hydrogens is 512 g/mol. The highest BCUT2D eigenvalue weighted by Crippen LogP contribution is 2.36. The third kappa shape index (κ3) is 6.41. The van der Waals surface area contributed by atoms with Gasteiger partial charge in [-0.2, -0.15) is 10.2 Å². The molecule has 0 spiro atoms. The normalized spacial score (nSPS) is 12.4. The van der Waals surface area contributed by atoms with E-state index in [2.05, 4.69) is 20.6 Å². The summed E-state index contributed by atoms with van der Waals surface area (Å²) in [5, 5.41) is 17.4. The van der Waals surface area contributed by atoms with Gasteiger partial charge in [0.15, 0.2) is 0 Å². The van der Waals surface area contributed by atoms with Crippen LogP contribution in [0, 0.1) is 0 Å². The Labute approximate surface area is 208 Å². The molecule has 0 aliphatic carbocycles. The maximum atomic E-state index is 13.6. The number of anilines is 1. The molecule has 184 valence electrons. The summed E-state index contributed by atoms with van der Waals surface area (Å²) >= 11 is 0. The van der Waals surface area contributed by atoms with Crippen LogP contribution in [0.25, 0.3) is 0 Å². The molecule has 13 heteroatoms. The lowest BCUT2D eigenvalue weighted by atomic mass is 10.3. The fourth-order valence-corrected chi connectivity index (χ4v) is 6.14. The Bertz CT molecular complexity index is 1490. The minimum absolute atomic E-state index is 0.0344. The summed E-state index contributed by atoms with van der Waals surface area (Å²) in [6.07, 6.45) is 0. The highest BCUT2D eigenvalue weighted by molar-refractivity contribution is 8.14. The Morgan fingerprint density at radius 2 is 1.29 bits per heavy atom. The minimum Gasteiger partial charge on any atom is -0.378 e. The summed E-state index contributed by atoms with van der Waals surface area (Å²) in [5.74, 6) is 0. The Morgan fingerprint density at radius 3 is 1.89 bits per heavy atom. The number of azo groups is 1. The lowest BCUT2D eigenvalue weighted by Crippen LogP contribution is -2.08. The van der Waals surface area contributed by atoms with E-state index in [0.29, 0.717) is 5.69 Å². The lowest BCUT2D eigenvalue weighted by molar-refractivity contribution is 0.408. The van der Waals surface area contributed by atoms with E-state index in [1.54, 1.807) is 32.3 Å². The Hall–Kier alpha value is -3.35. The van der Waals surface area contributed by atoms with Crippen LogP contribution in [0.5, 0.6) is 0 Å². The Balaban J connectivity index is 2.11. The SMILES string of the molecule is CN(C)N=Nc1ccccc1S(=O)(=O)c1cc(N=Nc2ccc(N(C)C)cc2)ccc1S(=O)(=O)Cl. The van der Waals surface area contributed by atoms with Crippen molar-refractivity contribution in [3.8, 4) is 0 Å². The number of halogens is 1. The van der Waals surface area contributed by atoms with E-state index >= 15 is 0 Å². The lowest BCUT2D eigenvalue weighted by Gasteiger charge is -2.12. The standard InChI is InChI=1S/C22H23ClN6O4S2/c1-28(2)18-12-9-16(10-13-18)24-25-17-11-14-21(35(23,32)33)22(15-17)34(30,31)20-8-6-5-7-19(20)26-27-29(3)4/h5-15H,1-4H3. The van der Waals surface area contributed by atoms with E-state index in [9.17, 15) is 16.8 Å². The third-order valence-electron chi connectivity index (χ3n) is 4.61. The van der Waals surface area contributed by atoms with Crippen molar-refractivity contribution >= 4 is 52.3 Å². The fourth-order valence-electron chi connectivity index (χ4n) is 2.93. The van der Waals surface area contributed by atoms with E-state index in [1.807, 2.05) is 31.1 Å². The molecule has 0 amide bonds. The quantitative estimate of drug-likeness (QED) is 0.214. The number of sulfone groups is 1. The van der Waals surface area contributed by atoms with Crippen molar-refractivity contribution in [3.05, 3.63) is 66.7 Å². The third-order valence-corrected chi connectivity index (χ3v) is 7.96. The van der Waals surface area contributed by atoms with Gasteiger partial charge in [0.2, 0.25) is 9.84 Å². The summed E-state index contributed by atoms with van der Waals surface area (Å²) in [4.78, 5) is 0.576. The minimum atomic E-state index is -4.41. The summed E-state index contributed by atoms with van der Waals surface area (Å²) in [5.41, 5.74) is 1.66. The number of rotatable bonds is 8. The molecule has 3 rings (SSSR count). The topological polar surface area (TPSA) is 124 Å². The summed E-state index contributed by atoms with van der Waals surface area (Å²) in [7, 11) is 3.83. The van der Waals surface area contributed by atoms with Gasteiger partial charge in [-0.1, -0.05) is 17.4 Å². The van der Waals surface area contributed by atoms with Crippen LogP contribution in [0.15, 0.2) is 102 Å². The van der Waals surface area contributed by atoms with Crippen molar-refractivity contribution in [2.45, 2.75) is 14.7 Å². The van der Waals surface area contributed by atoms with Gasteiger partial charge in [-0.3, -0.25) is 5.01 Å². The molecule has 0 saturated carbocycles. The first-order valence-corrected chi connectivity index (χ1v) is 13.9. The molecule has 0 aliphatic heterocycles. The molecule has 0 bridgehead atoms. The summed E-state index contributed by atoms with van der Waals surface area (Å²) in [6, 6.07) is 16.6. The van der Waals surface area contributed by atoms with Crippen molar-refractivity contribution < 1.29 is 16.8 Å². The predicted molar refractivity (Wildman–Crippen MR) is 135 cm³/mol. The van der Waals surface area contributed by atoms with E-state index in [0.717, 1.165) is 17.8 Å². The second kappa shape index (κ2) is 10.5. The average Bonchev–Trinajstić information content (AvgIpc) is 2.81. The molecule has 0 heterocycles. The van der Waals surface area contributed by atoms with Gasteiger partial charge in [0.05, 0.1) is 21.2 Å². The van der Waals surface area contributed by atoms with E-state index in [-0.39, 0.29) is 16.3 Å². The maximum Gasteiger partial charge on any atom is 0.262 e. The highest BCUT2D eigenvalue weighted by Gasteiger charge is 2.29. The molecule has 10 nitrogen and oxygen atoms in total. The molecule has 3 aromatic carbocycles. The first-order valence-electron chi connectivity index (χ1n) is 10.1. The van der Waals surface area contributed by atoms with Crippen molar-refractivity contribution in [3.63, 3.8) is 0 Å². The molecule has 3 aromatic rings. The van der Waals surface area contributed by atoms with Crippen molar-refractivity contribution in [2.24, 2.45) is 20.6 Å². The summed E-state index contributed by atoms with van der Waals surface area (Å²) < 4.78 is 51.6. The predicted octanol–water partition coefficient (Wildman–Crippen LogP) is 5.49. The van der Waals surface area contributed by atoms with Gasteiger partial charge in [-0.25, -0.2) is 16.8 Å². The Morgan fingerprint density at radius 1 is 0.686 bits per heavy atom. The number of nitrogens with zero attached hydrogens (tertiary/aromatic N) is 6. The molecule has 0 unspecified atom stereocenters. The first-order chi connectivity index (χ1) is 16.4. The molecule has 35 heavy (non-hydrogen) atoms. The van der Waals surface area contributed by atoms with Gasteiger partial charge in [0, 0.05) is 44.6 Å². The van der Waals surface area contributed by atoms with E-state index in [4.69, 9.17) is 10.7 Å². The van der Waals surface area contributed by atoms with Gasteiger partial charge in [-0.05, 0) is 54.6 Å². The smallest absolute Gasteiger partial charge is 0.262 e. The van der Waals surface area contributed by atoms with Gasteiger partial charge in [0.1, 0.15) is 10.6 Å². The molecule has 0 radical (unpaired) electrons. The zero-order valence-corrected chi connectivity index (χ0v) is 21.8. The van der Waals surface area contributed by atoms with Crippen LogP contribution in [-0.4, -0.2) is 50.0 Å². The average molecular weight is 535 g/mol. The molecule has 0 fully saturated rings. The molecular formula is C22H23ClN6O4S2. The molecule has 0 saturated heterocycles. The first kappa shape index (κ1) is 26.3. The second-order valence-electron chi connectivity index (χ2n) is 7.69. The van der Waals surface area contributed by atoms with Gasteiger partial charge < -0.3 is 4.90 Å². The second-order valence-corrected chi connectivity index (χ2v) is 12.1. The van der Waals surface area contributed by atoms with Crippen LogP contribution < -0.4 is 4.90 Å². The zero-order valence-electron chi connectivity index (χ0n) is 19.4. The van der Waals surface area contributed by atoms with E-state index in [1.165, 1.54) is 29.3 Å². The maximum absolute atomic E-state index is 13.6. The fraction of sp³-hybridized carbons (Fsp3) is 0.182. The number of hydrogen-bond acceptors (Lipinski definition) is 9. The monoisotopic (exact) mass is 534 g/mol. The van der Waals surface area contributed by atoms with Crippen LogP contribution in [0.4, 0.5) is 22.7 Å². The molecule has 0 atom stereocenters. The zero-order chi connectivity index (χ0) is 25.8. The van der Waals surface area contributed by atoms with E-state index < -0.39 is 28.7 Å². The molecule has 0 aliphatic rings. The van der Waals surface area contributed by atoms with Crippen LogP contribution in [0.3, 0.4) is 0 Å². The summed E-state index contributed by atoms with van der Waals surface area (Å²) in [6.45, 7) is 0. The largest absolute Gasteiger partial charge is 0.378 e. The van der Waals surface area contributed by atoms with Crippen molar-refractivity contribution in [2.75, 3.05) is 33.1 Å². The van der Waals surface area contributed by atoms with Crippen LogP contribution in [0.1, 0.15) is 0 Å². The van der Waals surface area contributed by atoms with Crippen LogP contribution in [-0.2, 0) is 18.9 Å². The molecule has 0 N–H and O–H groups in total. The van der Waals surface area contributed by atoms with Gasteiger partial charge in [-0.15, -0.1) is 5.11 Å². The molecule has 0 aromatic heterocycles. The van der Waals surface area contributed by atoms with Crippen molar-refractivity contribution in [1.82, 2.24) is 5.01 Å².